The number of rotatable bonds is 3. The number of halogens is 1. The first-order valence-corrected chi connectivity index (χ1v) is 4.65. The first kappa shape index (κ1) is 9.60. The van der Waals surface area contributed by atoms with Gasteiger partial charge in [-0.3, -0.25) is 0 Å². The molecule has 1 aromatic carbocycles. The molecule has 0 heterocycles. The van der Waals surface area contributed by atoms with Crippen LogP contribution in [-0.4, -0.2) is 0 Å². The lowest BCUT2D eigenvalue weighted by Crippen LogP contribution is -1.88. The highest BCUT2D eigenvalue weighted by atomic mass is 35.5. The molecule has 65 valence electrons. The molecule has 0 unspecified atom stereocenters. The van der Waals surface area contributed by atoms with Gasteiger partial charge in [-0.15, -0.1) is 0 Å². The highest BCUT2D eigenvalue weighted by molar-refractivity contribution is 6.30. The summed E-state index contributed by atoms with van der Waals surface area (Å²) >= 11 is 5.76. The average molecular weight is 182 g/mol. The van der Waals surface area contributed by atoms with Crippen LogP contribution in [0, 0.1) is 12.3 Å². The molecule has 12 heavy (non-hydrogen) atoms. The number of hydrogen-bond donors (Lipinski definition) is 0. The lowest BCUT2D eigenvalue weighted by atomic mass is 10.0. The molecule has 0 spiro atoms. The van der Waals surface area contributed by atoms with Gasteiger partial charge in [0.15, 0.2) is 0 Å². The van der Waals surface area contributed by atoms with E-state index in [1.165, 1.54) is 5.56 Å². The van der Waals surface area contributed by atoms with Gasteiger partial charge in [0.2, 0.25) is 0 Å². The van der Waals surface area contributed by atoms with Crippen molar-refractivity contribution in [3.05, 3.63) is 41.3 Å². The normalized spacial score (nSPS) is 10.7. The minimum atomic E-state index is 0.723. The quantitative estimate of drug-likeness (QED) is 0.663. The second-order valence-corrected chi connectivity index (χ2v) is 3.82. The van der Waals surface area contributed by atoms with Crippen LogP contribution in [0.25, 0.3) is 0 Å². The van der Waals surface area contributed by atoms with Gasteiger partial charge < -0.3 is 0 Å². The molecule has 1 heteroatoms. The van der Waals surface area contributed by atoms with Gasteiger partial charge in [-0.1, -0.05) is 37.6 Å². The van der Waals surface area contributed by atoms with Gasteiger partial charge in [-0.2, -0.15) is 0 Å². The molecule has 0 aliphatic rings. The minimum absolute atomic E-state index is 0.723. The third-order valence-corrected chi connectivity index (χ3v) is 1.95. The Kier molecular flexibility index (Phi) is 3.61. The van der Waals surface area contributed by atoms with Crippen molar-refractivity contribution in [2.45, 2.75) is 20.3 Å². The summed E-state index contributed by atoms with van der Waals surface area (Å²) in [6, 6.07) is 7.94. The molecule has 0 aromatic heterocycles. The summed E-state index contributed by atoms with van der Waals surface area (Å²) in [7, 11) is 0. The van der Waals surface area contributed by atoms with Crippen LogP contribution in [0.15, 0.2) is 24.3 Å². The van der Waals surface area contributed by atoms with Gasteiger partial charge in [0.1, 0.15) is 0 Å². The smallest absolute Gasteiger partial charge is 0.0406 e. The van der Waals surface area contributed by atoms with Crippen molar-refractivity contribution >= 4 is 11.6 Å². The van der Waals surface area contributed by atoms with Crippen LogP contribution in [0.1, 0.15) is 25.8 Å². The summed E-state index contributed by atoms with van der Waals surface area (Å²) < 4.78 is 0. The Morgan fingerprint density at radius 2 is 1.83 bits per heavy atom. The van der Waals surface area contributed by atoms with Crippen LogP contribution >= 0.6 is 11.6 Å². The summed E-state index contributed by atoms with van der Waals surface area (Å²) in [5.41, 5.74) is 1.26. The molecule has 0 saturated carbocycles. The fraction of sp³-hybridized carbons (Fsp3) is 0.364. The van der Waals surface area contributed by atoms with Gasteiger partial charge in [-0.25, -0.2) is 0 Å². The molecule has 0 fully saturated rings. The Bertz CT molecular complexity index is 223. The Morgan fingerprint density at radius 1 is 1.25 bits per heavy atom. The van der Waals surface area contributed by atoms with Crippen molar-refractivity contribution in [2.75, 3.05) is 0 Å². The monoisotopic (exact) mass is 181 g/mol. The Balaban J connectivity index is 2.48. The van der Waals surface area contributed by atoms with Crippen molar-refractivity contribution in [1.29, 1.82) is 0 Å². The average Bonchev–Trinajstić information content (AvgIpc) is 2.03. The zero-order chi connectivity index (χ0) is 8.97. The SMILES string of the molecule is CC(C)C[CH]c1ccc(Cl)cc1. The Hall–Kier alpha value is -0.490. The fourth-order valence-electron chi connectivity index (χ4n) is 0.971. The Morgan fingerprint density at radius 3 is 2.33 bits per heavy atom. The van der Waals surface area contributed by atoms with E-state index in [-0.39, 0.29) is 0 Å². The summed E-state index contributed by atoms with van der Waals surface area (Å²) in [4.78, 5) is 0. The summed E-state index contributed by atoms with van der Waals surface area (Å²) in [6.45, 7) is 4.43. The van der Waals surface area contributed by atoms with E-state index in [1.807, 2.05) is 24.3 Å². The molecule has 1 rings (SSSR count). The fourth-order valence-corrected chi connectivity index (χ4v) is 1.10. The van der Waals surface area contributed by atoms with Crippen LogP contribution < -0.4 is 0 Å². The molecule has 0 aliphatic heterocycles. The van der Waals surface area contributed by atoms with Crippen molar-refractivity contribution in [3.8, 4) is 0 Å². The van der Waals surface area contributed by atoms with E-state index in [1.54, 1.807) is 0 Å². The molecule has 0 saturated heterocycles. The van der Waals surface area contributed by atoms with Gasteiger partial charge in [-0.05, 0) is 36.5 Å². The van der Waals surface area contributed by atoms with E-state index in [0.717, 1.165) is 17.4 Å². The van der Waals surface area contributed by atoms with E-state index >= 15 is 0 Å². The predicted octanol–water partition coefficient (Wildman–Crippen LogP) is 3.94. The van der Waals surface area contributed by atoms with E-state index in [0.29, 0.717) is 0 Å². The van der Waals surface area contributed by atoms with Crippen molar-refractivity contribution in [2.24, 2.45) is 5.92 Å². The topological polar surface area (TPSA) is 0 Å². The lowest BCUT2D eigenvalue weighted by Gasteiger charge is -2.03. The highest BCUT2D eigenvalue weighted by Gasteiger charge is 1.96. The highest BCUT2D eigenvalue weighted by Crippen LogP contribution is 2.14. The van der Waals surface area contributed by atoms with Crippen molar-refractivity contribution < 1.29 is 0 Å². The molecule has 1 aromatic rings. The van der Waals surface area contributed by atoms with Crippen LogP contribution in [0.5, 0.6) is 0 Å². The first-order chi connectivity index (χ1) is 5.68. The maximum absolute atomic E-state index is 5.76. The molecular formula is C11H14Cl. The maximum atomic E-state index is 5.76. The molecule has 0 atom stereocenters. The second-order valence-electron chi connectivity index (χ2n) is 3.39. The van der Waals surface area contributed by atoms with Crippen LogP contribution in [0.4, 0.5) is 0 Å². The lowest BCUT2D eigenvalue weighted by molar-refractivity contribution is 0.644. The molecule has 0 bridgehead atoms. The maximum Gasteiger partial charge on any atom is 0.0406 e. The van der Waals surface area contributed by atoms with Gasteiger partial charge in [0, 0.05) is 5.02 Å². The number of benzene rings is 1. The molecule has 0 aliphatic carbocycles. The summed E-state index contributed by atoms with van der Waals surface area (Å²) in [5, 5.41) is 0.802. The minimum Gasteiger partial charge on any atom is -0.0843 e. The molecule has 1 radical (unpaired) electrons. The van der Waals surface area contributed by atoms with Crippen molar-refractivity contribution in [1.82, 2.24) is 0 Å². The van der Waals surface area contributed by atoms with Crippen LogP contribution in [0.3, 0.4) is 0 Å². The van der Waals surface area contributed by atoms with Crippen molar-refractivity contribution in [3.63, 3.8) is 0 Å². The molecule has 0 N–H and O–H groups in total. The van der Waals surface area contributed by atoms with E-state index in [2.05, 4.69) is 20.3 Å². The third kappa shape index (κ3) is 3.27. The third-order valence-electron chi connectivity index (χ3n) is 1.69. The van der Waals surface area contributed by atoms with Gasteiger partial charge in [0.05, 0.1) is 0 Å². The number of hydrogen-bond acceptors (Lipinski definition) is 0. The van der Waals surface area contributed by atoms with Gasteiger partial charge >= 0.3 is 0 Å². The van der Waals surface area contributed by atoms with E-state index < -0.39 is 0 Å². The van der Waals surface area contributed by atoms with Crippen LogP contribution in [-0.2, 0) is 0 Å². The first-order valence-electron chi connectivity index (χ1n) is 4.27. The second kappa shape index (κ2) is 4.51. The molecule has 0 nitrogen and oxygen atoms in total. The van der Waals surface area contributed by atoms with E-state index in [4.69, 9.17) is 11.6 Å². The van der Waals surface area contributed by atoms with E-state index in [9.17, 15) is 0 Å². The van der Waals surface area contributed by atoms with Gasteiger partial charge in [0.25, 0.3) is 0 Å². The summed E-state index contributed by atoms with van der Waals surface area (Å²) in [6.07, 6.45) is 3.36. The standard InChI is InChI=1S/C11H14Cl/c1-9(2)3-4-10-5-7-11(12)8-6-10/h4-9H,3H2,1-2H3. The predicted molar refractivity (Wildman–Crippen MR) is 54.3 cm³/mol. The zero-order valence-electron chi connectivity index (χ0n) is 7.55. The largest absolute Gasteiger partial charge is 0.0843 e. The zero-order valence-corrected chi connectivity index (χ0v) is 8.31. The summed E-state index contributed by atoms with van der Waals surface area (Å²) in [5.74, 6) is 0.723. The molecule has 0 amide bonds. The Labute approximate surface area is 79.6 Å². The molecular weight excluding hydrogens is 168 g/mol. The van der Waals surface area contributed by atoms with Crippen LogP contribution in [0.2, 0.25) is 5.02 Å².